The van der Waals surface area contributed by atoms with E-state index in [1.807, 2.05) is 0 Å². The van der Waals surface area contributed by atoms with Gasteiger partial charge in [0.25, 0.3) is 0 Å². The van der Waals surface area contributed by atoms with E-state index in [4.69, 9.17) is 14.6 Å². The Labute approximate surface area is 191 Å². The number of halogens is 1. The van der Waals surface area contributed by atoms with Crippen LogP contribution in [0.15, 0.2) is 70.2 Å². The molecular weight excluding hydrogens is 452 g/mol. The van der Waals surface area contributed by atoms with Crippen LogP contribution in [-0.2, 0) is 4.74 Å². The van der Waals surface area contributed by atoms with Crippen LogP contribution in [0.1, 0.15) is 50.3 Å². The molecule has 1 spiro atoms. The highest BCUT2D eigenvalue weighted by atomic mass is 79.9. The molecule has 0 bridgehead atoms. The average Bonchev–Trinajstić information content (AvgIpc) is 3.20. The molecule has 3 aliphatic rings. The Morgan fingerprint density at radius 2 is 1.90 bits per heavy atom. The SMILES string of the molecule is CC1(C)C[C@]2(CCO1)Oc1ccc(Br)cc1[C@@H]1CC(c3cccc4ccccc34)=NN12. The van der Waals surface area contributed by atoms with Crippen LogP contribution in [0, 0.1) is 0 Å². The zero-order chi connectivity index (χ0) is 21.2. The molecule has 3 heterocycles. The van der Waals surface area contributed by atoms with Crippen molar-refractivity contribution in [3.05, 3.63) is 76.3 Å². The first kappa shape index (κ1) is 19.3. The van der Waals surface area contributed by atoms with Crippen LogP contribution in [0.5, 0.6) is 5.75 Å². The molecule has 0 unspecified atom stereocenters. The van der Waals surface area contributed by atoms with Gasteiger partial charge < -0.3 is 9.47 Å². The standard InChI is InChI=1S/C26H25BrN2O2/c1-25(2)16-26(12-13-30-25)29-23(21-14-18(27)10-11-24(21)31-26)15-22(28-29)20-9-5-7-17-6-3-4-8-19(17)20/h3-11,14,23H,12-13,15-16H2,1-2H3/t23-,26-/m0/s1. The highest BCUT2D eigenvalue weighted by Crippen LogP contribution is 2.52. The first-order valence-corrected chi connectivity index (χ1v) is 11.7. The van der Waals surface area contributed by atoms with E-state index < -0.39 is 5.72 Å². The van der Waals surface area contributed by atoms with Gasteiger partial charge in [0.15, 0.2) is 0 Å². The van der Waals surface area contributed by atoms with Gasteiger partial charge >= 0.3 is 0 Å². The van der Waals surface area contributed by atoms with Crippen molar-refractivity contribution in [1.29, 1.82) is 0 Å². The molecule has 158 valence electrons. The summed E-state index contributed by atoms with van der Waals surface area (Å²) in [5, 5.41) is 10.0. The summed E-state index contributed by atoms with van der Waals surface area (Å²) < 4.78 is 13.9. The lowest BCUT2D eigenvalue weighted by molar-refractivity contribution is -0.212. The molecule has 6 rings (SSSR count). The number of fused-ring (bicyclic) bond motifs is 5. The third kappa shape index (κ3) is 3.09. The number of ether oxygens (including phenoxy) is 2. The van der Waals surface area contributed by atoms with Gasteiger partial charge in [0.05, 0.1) is 24.0 Å². The van der Waals surface area contributed by atoms with E-state index in [9.17, 15) is 0 Å². The summed E-state index contributed by atoms with van der Waals surface area (Å²) >= 11 is 3.65. The van der Waals surface area contributed by atoms with Crippen molar-refractivity contribution in [3.63, 3.8) is 0 Å². The van der Waals surface area contributed by atoms with Gasteiger partial charge in [0.2, 0.25) is 5.72 Å². The lowest BCUT2D eigenvalue weighted by Gasteiger charge is -2.52. The van der Waals surface area contributed by atoms with E-state index in [-0.39, 0.29) is 11.6 Å². The Morgan fingerprint density at radius 3 is 2.77 bits per heavy atom. The van der Waals surface area contributed by atoms with E-state index in [1.54, 1.807) is 0 Å². The van der Waals surface area contributed by atoms with Crippen LogP contribution < -0.4 is 4.74 Å². The van der Waals surface area contributed by atoms with Crippen molar-refractivity contribution >= 4 is 32.4 Å². The molecule has 1 fully saturated rings. The molecule has 0 aliphatic carbocycles. The van der Waals surface area contributed by atoms with Gasteiger partial charge in [-0.15, -0.1) is 0 Å². The molecule has 0 amide bonds. The van der Waals surface area contributed by atoms with Crippen LogP contribution in [-0.4, -0.2) is 28.7 Å². The molecule has 3 aromatic carbocycles. The summed E-state index contributed by atoms with van der Waals surface area (Å²) in [5.41, 5.74) is 2.79. The Kier molecular flexibility index (Phi) is 4.25. The first-order valence-electron chi connectivity index (χ1n) is 10.9. The van der Waals surface area contributed by atoms with E-state index >= 15 is 0 Å². The molecule has 31 heavy (non-hydrogen) atoms. The minimum atomic E-state index is -0.487. The van der Waals surface area contributed by atoms with Gasteiger partial charge in [-0.2, -0.15) is 5.10 Å². The molecule has 3 aliphatic heterocycles. The molecule has 1 saturated heterocycles. The maximum Gasteiger partial charge on any atom is 0.203 e. The summed E-state index contributed by atoms with van der Waals surface area (Å²) in [5.74, 6) is 0.969. The van der Waals surface area contributed by atoms with Gasteiger partial charge in [0, 0.05) is 34.9 Å². The number of hydrogen-bond donors (Lipinski definition) is 0. The van der Waals surface area contributed by atoms with E-state index in [0.717, 1.165) is 35.2 Å². The predicted molar refractivity (Wildman–Crippen MR) is 126 cm³/mol. The Hall–Kier alpha value is -2.37. The number of hydrazone groups is 1. The van der Waals surface area contributed by atoms with Gasteiger partial charge in [-0.3, -0.25) is 0 Å². The van der Waals surface area contributed by atoms with Crippen LogP contribution in [0.25, 0.3) is 10.8 Å². The summed E-state index contributed by atoms with van der Waals surface area (Å²) in [6, 6.07) is 21.5. The van der Waals surface area contributed by atoms with Crippen LogP contribution >= 0.6 is 15.9 Å². The maximum absolute atomic E-state index is 6.75. The fraction of sp³-hybridized carbons (Fsp3) is 0.346. The fourth-order valence-electron chi connectivity index (χ4n) is 5.47. The molecule has 4 nitrogen and oxygen atoms in total. The zero-order valence-corrected chi connectivity index (χ0v) is 19.4. The van der Waals surface area contributed by atoms with Crippen molar-refractivity contribution in [2.24, 2.45) is 5.10 Å². The summed E-state index contributed by atoms with van der Waals surface area (Å²) in [6.07, 6.45) is 2.44. The van der Waals surface area contributed by atoms with Crippen molar-refractivity contribution in [2.75, 3.05) is 6.61 Å². The Morgan fingerprint density at radius 1 is 1.06 bits per heavy atom. The summed E-state index contributed by atoms with van der Waals surface area (Å²) in [6.45, 7) is 4.96. The highest BCUT2D eigenvalue weighted by molar-refractivity contribution is 9.10. The second kappa shape index (κ2) is 6.81. The Balaban J connectivity index is 1.51. The van der Waals surface area contributed by atoms with Crippen LogP contribution in [0.3, 0.4) is 0 Å². The van der Waals surface area contributed by atoms with E-state index in [0.29, 0.717) is 6.61 Å². The second-order valence-electron chi connectivity index (χ2n) is 9.40. The molecule has 2 atom stereocenters. The third-order valence-electron chi connectivity index (χ3n) is 6.75. The van der Waals surface area contributed by atoms with E-state index in [2.05, 4.69) is 95.5 Å². The zero-order valence-electron chi connectivity index (χ0n) is 17.8. The maximum atomic E-state index is 6.75. The normalized spacial score (nSPS) is 26.4. The molecule has 0 saturated carbocycles. The third-order valence-corrected chi connectivity index (χ3v) is 7.24. The smallest absolute Gasteiger partial charge is 0.203 e. The lowest BCUT2D eigenvalue weighted by Crippen LogP contribution is -2.60. The number of hydrogen-bond acceptors (Lipinski definition) is 4. The van der Waals surface area contributed by atoms with Crippen LogP contribution in [0.2, 0.25) is 0 Å². The van der Waals surface area contributed by atoms with Gasteiger partial charge in [0.1, 0.15) is 5.75 Å². The Bertz CT molecular complexity index is 1220. The van der Waals surface area contributed by atoms with Gasteiger partial charge in [-0.05, 0) is 42.8 Å². The topological polar surface area (TPSA) is 34.1 Å². The highest BCUT2D eigenvalue weighted by Gasteiger charge is 2.54. The molecule has 3 aromatic rings. The monoisotopic (exact) mass is 476 g/mol. The molecule has 5 heteroatoms. The lowest BCUT2D eigenvalue weighted by atomic mass is 9.86. The molecule has 0 N–H and O–H groups in total. The van der Waals surface area contributed by atoms with Crippen LogP contribution in [0.4, 0.5) is 0 Å². The molecule has 0 aromatic heterocycles. The minimum Gasteiger partial charge on any atom is -0.466 e. The first-order chi connectivity index (χ1) is 14.9. The van der Waals surface area contributed by atoms with Crippen molar-refractivity contribution in [2.45, 2.75) is 50.5 Å². The molecule has 0 radical (unpaired) electrons. The van der Waals surface area contributed by atoms with E-state index in [1.165, 1.54) is 21.9 Å². The van der Waals surface area contributed by atoms with Gasteiger partial charge in [-0.1, -0.05) is 58.4 Å². The quantitative estimate of drug-likeness (QED) is 0.405. The van der Waals surface area contributed by atoms with Gasteiger partial charge in [-0.25, -0.2) is 5.01 Å². The molecular formula is C26H25BrN2O2. The van der Waals surface area contributed by atoms with Crippen molar-refractivity contribution in [1.82, 2.24) is 5.01 Å². The number of benzene rings is 3. The van der Waals surface area contributed by atoms with Crippen molar-refractivity contribution < 1.29 is 9.47 Å². The minimum absolute atomic E-state index is 0.157. The predicted octanol–water partition coefficient (Wildman–Crippen LogP) is 6.43. The van der Waals surface area contributed by atoms with Crippen molar-refractivity contribution in [3.8, 4) is 5.75 Å². The fourth-order valence-corrected chi connectivity index (χ4v) is 5.84. The number of rotatable bonds is 1. The average molecular weight is 477 g/mol. The number of nitrogens with zero attached hydrogens (tertiary/aromatic N) is 2. The second-order valence-corrected chi connectivity index (χ2v) is 10.3. The largest absolute Gasteiger partial charge is 0.466 e. The summed E-state index contributed by atoms with van der Waals surface area (Å²) in [4.78, 5) is 0. The summed E-state index contributed by atoms with van der Waals surface area (Å²) in [7, 11) is 0.